The van der Waals surface area contributed by atoms with E-state index in [4.69, 9.17) is 5.73 Å². The second kappa shape index (κ2) is 8.65. The van der Waals surface area contributed by atoms with Gasteiger partial charge in [0.2, 0.25) is 0 Å². The maximum Gasteiger partial charge on any atom is 0.0180 e. The van der Waals surface area contributed by atoms with Crippen molar-refractivity contribution in [3.63, 3.8) is 0 Å². The minimum Gasteiger partial charge on any atom is -0.326 e. The SMILES string of the molecule is C.CC(C)(C)N1CCC(N)C1.CC1CCCN(C(C)(C)C)C1. The third-order valence-electron chi connectivity index (χ3n) is 4.78. The first-order valence-corrected chi connectivity index (χ1v) is 8.76. The van der Waals surface area contributed by atoms with Crippen LogP contribution in [0.2, 0.25) is 0 Å². The normalized spacial score (nSPS) is 27.8. The van der Waals surface area contributed by atoms with Crippen LogP contribution >= 0.6 is 0 Å². The Morgan fingerprint density at radius 3 is 1.59 bits per heavy atom. The molecular formula is C19H43N3. The number of piperidine rings is 1. The van der Waals surface area contributed by atoms with Crippen molar-refractivity contribution in [1.82, 2.24) is 9.80 Å². The quantitative estimate of drug-likeness (QED) is 0.734. The molecule has 2 rings (SSSR count). The summed E-state index contributed by atoms with van der Waals surface area (Å²) < 4.78 is 0. The Kier molecular flexibility index (Phi) is 8.61. The Hall–Kier alpha value is -0.120. The van der Waals surface area contributed by atoms with Crippen molar-refractivity contribution in [1.29, 1.82) is 0 Å². The molecule has 0 amide bonds. The van der Waals surface area contributed by atoms with Gasteiger partial charge >= 0.3 is 0 Å². The van der Waals surface area contributed by atoms with Crippen LogP contribution in [-0.2, 0) is 0 Å². The summed E-state index contributed by atoms with van der Waals surface area (Å²) in [5, 5.41) is 0. The summed E-state index contributed by atoms with van der Waals surface area (Å²) in [6, 6.07) is 0.416. The van der Waals surface area contributed by atoms with Crippen LogP contribution in [0.4, 0.5) is 0 Å². The lowest BCUT2D eigenvalue weighted by molar-refractivity contribution is 0.0843. The summed E-state index contributed by atoms with van der Waals surface area (Å²) in [6.45, 7) is 20.9. The van der Waals surface area contributed by atoms with Crippen molar-refractivity contribution < 1.29 is 0 Å². The van der Waals surface area contributed by atoms with Gasteiger partial charge in [-0.05, 0) is 73.3 Å². The zero-order valence-electron chi connectivity index (χ0n) is 15.6. The minimum atomic E-state index is 0. The molecule has 0 radical (unpaired) electrons. The highest BCUT2D eigenvalue weighted by Gasteiger charge is 2.28. The van der Waals surface area contributed by atoms with Gasteiger partial charge in [0.15, 0.2) is 0 Å². The monoisotopic (exact) mass is 313 g/mol. The maximum atomic E-state index is 5.78. The van der Waals surface area contributed by atoms with Crippen LogP contribution < -0.4 is 5.73 Å². The van der Waals surface area contributed by atoms with Gasteiger partial charge in [0.25, 0.3) is 0 Å². The molecule has 2 fully saturated rings. The first-order chi connectivity index (χ1) is 9.50. The van der Waals surface area contributed by atoms with E-state index in [9.17, 15) is 0 Å². The number of nitrogens with zero attached hydrogens (tertiary/aromatic N) is 2. The summed E-state index contributed by atoms with van der Waals surface area (Å²) >= 11 is 0. The molecule has 2 aliphatic heterocycles. The molecule has 0 aromatic heterocycles. The van der Waals surface area contributed by atoms with Gasteiger partial charge in [-0.1, -0.05) is 14.4 Å². The number of hydrogen-bond acceptors (Lipinski definition) is 3. The van der Waals surface area contributed by atoms with Crippen molar-refractivity contribution in [3.05, 3.63) is 0 Å². The average molecular weight is 314 g/mol. The number of likely N-dealkylation sites (tertiary alicyclic amines) is 2. The van der Waals surface area contributed by atoms with E-state index >= 15 is 0 Å². The van der Waals surface area contributed by atoms with Crippen molar-refractivity contribution in [3.8, 4) is 0 Å². The van der Waals surface area contributed by atoms with Gasteiger partial charge in [-0.15, -0.1) is 0 Å². The van der Waals surface area contributed by atoms with E-state index in [1.807, 2.05) is 0 Å². The third-order valence-corrected chi connectivity index (χ3v) is 4.78. The zero-order valence-corrected chi connectivity index (χ0v) is 15.6. The van der Waals surface area contributed by atoms with Crippen LogP contribution in [0.15, 0.2) is 0 Å². The molecule has 2 atom stereocenters. The van der Waals surface area contributed by atoms with Crippen molar-refractivity contribution in [2.24, 2.45) is 11.7 Å². The molecule has 3 heteroatoms. The third kappa shape index (κ3) is 7.43. The summed E-state index contributed by atoms with van der Waals surface area (Å²) in [7, 11) is 0. The Morgan fingerprint density at radius 2 is 1.32 bits per heavy atom. The van der Waals surface area contributed by atoms with Crippen LogP contribution in [0, 0.1) is 5.92 Å². The lowest BCUT2D eigenvalue weighted by Gasteiger charge is -2.40. The molecule has 0 spiro atoms. The number of rotatable bonds is 0. The predicted octanol–water partition coefficient (Wildman–Crippen LogP) is 3.97. The first-order valence-electron chi connectivity index (χ1n) is 8.76. The molecule has 0 saturated carbocycles. The van der Waals surface area contributed by atoms with Gasteiger partial charge in [-0.3, -0.25) is 9.80 Å². The van der Waals surface area contributed by atoms with Gasteiger partial charge in [-0.25, -0.2) is 0 Å². The lowest BCUT2D eigenvalue weighted by atomic mass is 9.95. The molecule has 2 aliphatic rings. The summed E-state index contributed by atoms with van der Waals surface area (Å²) in [5.74, 6) is 0.906. The number of hydrogen-bond donors (Lipinski definition) is 1. The van der Waals surface area contributed by atoms with Gasteiger partial charge in [0.05, 0.1) is 0 Å². The van der Waals surface area contributed by atoms with Gasteiger partial charge in [0, 0.05) is 36.8 Å². The average Bonchev–Trinajstić information content (AvgIpc) is 2.75. The van der Waals surface area contributed by atoms with Crippen LogP contribution in [-0.4, -0.2) is 53.1 Å². The molecule has 0 aromatic rings. The molecule has 0 aromatic carbocycles. The molecule has 2 N–H and O–H groups in total. The van der Waals surface area contributed by atoms with E-state index in [0.717, 1.165) is 18.9 Å². The molecule has 2 unspecified atom stereocenters. The lowest BCUT2D eigenvalue weighted by Crippen LogP contribution is -2.46. The number of nitrogens with two attached hydrogens (primary N) is 1. The standard InChI is InChI=1S/C10H21N.C8H18N2.CH4/c1-9-6-5-7-11(8-9)10(2,3)4;1-8(2,3)10-5-4-7(9)6-10;/h9H,5-8H2,1-4H3;7H,4-6,9H2,1-3H3;1H4. The zero-order chi connectivity index (χ0) is 16.3. The molecule has 2 heterocycles. The Morgan fingerprint density at radius 1 is 0.818 bits per heavy atom. The maximum absolute atomic E-state index is 5.78. The first kappa shape index (κ1) is 21.9. The summed E-state index contributed by atoms with van der Waals surface area (Å²) in [5.41, 5.74) is 6.48. The highest BCUT2D eigenvalue weighted by molar-refractivity contribution is 4.86. The smallest absolute Gasteiger partial charge is 0.0180 e. The van der Waals surface area contributed by atoms with Crippen LogP contribution in [0.25, 0.3) is 0 Å². The van der Waals surface area contributed by atoms with Gasteiger partial charge in [0.1, 0.15) is 0 Å². The second-order valence-electron chi connectivity index (χ2n) is 9.03. The molecule has 134 valence electrons. The summed E-state index contributed by atoms with van der Waals surface area (Å²) in [6.07, 6.45) is 3.97. The van der Waals surface area contributed by atoms with E-state index in [1.54, 1.807) is 0 Å². The molecule has 0 aliphatic carbocycles. The van der Waals surface area contributed by atoms with Crippen LogP contribution in [0.3, 0.4) is 0 Å². The van der Waals surface area contributed by atoms with Gasteiger partial charge < -0.3 is 5.73 Å². The topological polar surface area (TPSA) is 32.5 Å². The Bertz CT molecular complexity index is 301. The van der Waals surface area contributed by atoms with Crippen molar-refractivity contribution in [2.75, 3.05) is 26.2 Å². The van der Waals surface area contributed by atoms with Crippen LogP contribution in [0.1, 0.15) is 75.2 Å². The van der Waals surface area contributed by atoms with Crippen molar-refractivity contribution >= 4 is 0 Å². The van der Waals surface area contributed by atoms with Crippen LogP contribution in [0.5, 0.6) is 0 Å². The highest BCUT2D eigenvalue weighted by Crippen LogP contribution is 2.22. The van der Waals surface area contributed by atoms with Crippen molar-refractivity contribution in [2.45, 2.75) is 92.3 Å². The molecule has 2 saturated heterocycles. The largest absolute Gasteiger partial charge is 0.326 e. The molecular weight excluding hydrogens is 270 g/mol. The fraction of sp³-hybridized carbons (Fsp3) is 1.00. The van der Waals surface area contributed by atoms with E-state index in [0.29, 0.717) is 17.1 Å². The second-order valence-corrected chi connectivity index (χ2v) is 9.03. The Balaban J connectivity index is 0.000000385. The van der Waals surface area contributed by atoms with Gasteiger partial charge in [-0.2, -0.15) is 0 Å². The summed E-state index contributed by atoms with van der Waals surface area (Å²) in [4.78, 5) is 5.04. The van der Waals surface area contributed by atoms with E-state index in [2.05, 4.69) is 58.3 Å². The predicted molar refractivity (Wildman–Crippen MR) is 100 cm³/mol. The van der Waals surface area contributed by atoms with E-state index in [1.165, 1.54) is 32.5 Å². The molecule has 3 nitrogen and oxygen atoms in total. The van der Waals surface area contributed by atoms with E-state index in [-0.39, 0.29) is 7.43 Å². The fourth-order valence-corrected chi connectivity index (χ4v) is 3.20. The fourth-order valence-electron chi connectivity index (χ4n) is 3.20. The highest BCUT2D eigenvalue weighted by atomic mass is 15.2. The van der Waals surface area contributed by atoms with E-state index < -0.39 is 0 Å². The molecule has 0 bridgehead atoms. The molecule has 22 heavy (non-hydrogen) atoms. The minimum absolute atomic E-state index is 0. The Labute approximate surface area is 140 Å².